The Morgan fingerprint density at radius 2 is 1.60 bits per heavy atom. The van der Waals surface area contributed by atoms with E-state index in [1.54, 1.807) is 65.7 Å². The number of ketones is 2. The first kappa shape index (κ1) is 25.9. The van der Waals surface area contributed by atoms with Crippen LogP contribution in [-0.4, -0.2) is 47.5 Å². The molecular weight excluding hydrogens is 579 g/mol. The molecule has 0 spiro atoms. The zero-order valence-corrected chi connectivity index (χ0v) is 22.7. The van der Waals surface area contributed by atoms with Gasteiger partial charge >= 0.3 is 0 Å². The van der Waals surface area contributed by atoms with E-state index < -0.39 is 41.6 Å². The minimum absolute atomic E-state index is 0.228. The summed E-state index contributed by atoms with van der Waals surface area (Å²) >= 11 is 3.41. The highest BCUT2D eigenvalue weighted by atomic mass is 79.9. The van der Waals surface area contributed by atoms with E-state index in [0.717, 1.165) is 4.90 Å². The highest BCUT2D eigenvalue weighted by Gasteiger charge is 2.63. The number of amides is 2. The maximum Gasteiger partial charge on any atom is 0.240 e. The van der Waals surface area contributed by atoms with Crippen LogP contribution in [0.4, 0.5) is 10.1 Å². The van der Waals surface area contributed by atoms with Crippen molar-refractivity contribution in [1.82, 2.24) is 4.90 Å². The Morgan fingerprint density at radius 3 is 2.27 bits per heavy atom. The van der Waals surface area contributed by atoms with E-state index in [1.807, 2.05) is 6.07 Å². The van der Waals surface area contributed by atoms with Gasteiger partial charge in [0.15, 0.2) is 11.6 Å². The van der Waals surface area contributed by atoms with Gasteiger partial charge in [0.1, 0.15) is 17.6 Å². The van der Waals surface area contributed by atoms with Gasteiger partial charge in [-0.05, 0) is 64.5 Å². The lowest BCUT2D eigenvalue weighted by Gasteiger charge is -2.33. The Labute approximate surface area is 237 Å². The zero-order valence-electron chi connectivity index (χ0n) is 21.2. The standard InChI is InChI=1S/C31H22BrFN2O5/c1-40-24-12-7-18(15-22(24)32)29(37)27-26-25(30(38)35(31(26)39)21-10-8-20(33)9-11-21)23-16-19(13-14-34(23)27)28(36)17-5-3-2-4-6-17/h2-16,23,25-27H,1H3/t23-,25-,26+,27+/m1/s1. The fourth-order valence-electron chi connectivity index (χ4n) is 5.79. The summed E-state index contributed by atoms with van der Waals surface area (Å²) in [6, 6.07) is 17.0. The molecule has 3 heterocycles. The van der Waals surface area contributed by atoms with Crippen LogP contribution in [-0.2, 0) is 9.59 Å². The van der Waals surface area contributed by atoms with E-state index in [9.17, 15) is 23.6 Å². The number of halogens is 2. The normalized spacial score (nSPS) is 23.1. The molecule has 9 heteroatoms. The zero-order chi connectivity index (χ0) is 28.1. The topological polar surface area (TPSA) is 84.0 Å². The van der Waals surface area contributed by atoms with Crippen LogP contribution in [0.5, 0.6) is 5.75 Å². The van der Waals surface area contributed by atoms with Crippen LogP contribution in [0.2, 0.25) is 0 Å². The number of fused-ring (bicyclic) bond motifs is 3. The van der Waals surface area contributed by atoms with E-state index in [0.29, 0.717) is 26.9 Å². The van der Waals surface area contributed by atoms with Gasteiger partial charge in [0.2, 0.25) is 11.8 Å². The molecular formula is C31H22BrFN2O5. The minimum Gasteiger partial charge on any atom is -0.496 e. The van der Waals surface area contributed by atoms with Crippen molar-refractivity contribution in [2.24, 2.45) is 11.8 Å². The van der Waals surface area contributed by atoms with Crippen LogP contribution in [0.25, 0.3) is 0 Å². The molecule has 40 heavy (non-hydrogen) atoms. The number of Topliss-reactive ketones (excluding diaryl/α,β-unsaturated/α-hetero) is 2. The van der Waals surface area contributed by atoms with Crippen molar-refractivity contribution in [2.75, 3.05) is 12.0 Å². The quantitative estimate of drug-likeness (QED) is 0.293. The smallest absolute Gasteiger partial charge is 0.240 e. The first-order valence-electron chi connectivity index (χ1n) is 12.6. The van der Waals surface area contributed by atoms with Crippen LogP contribution in [0.1, 0.15) is 20.7 Å². The number of carbonyl (C=O) groups is 4. The second-order valence-electron chi connectivity index (χ2n) is 9.77. The fourth-order valence-corrected chi connectivity index (χ4v) is 6.33. The predicted molar refractivity (Wildman–Crippen MR) is 148 cm³/mol. The summed E-state index contributed by atoms with van der Waals surface area (Å²) in [6.07, 6.45) is 4.91. The lowest BCUT2D eigenvalue weighted by atomic mass is 9.85. The first-order chi connectivity index (χ1) is 19.3. The number of benzene rings is 3. The molecule has 0 unspecified atom stereocenters. The lowest BCUT2D eigenvalue weighted by molar-refractivity contribution is -0.123. The van der Waals surface area contributed by atoms with E-state index in [4.69, 9.17) is 4.74 Å². The van der Waals surface area contributed by atoms with Crippen molar-refractivity contribution in [1.29, 1.82) is 0 Å². The molecule has 2 saturated heterocycles. The molecule has 0 aliphatic carbocycles. The Morgan fingerprint density at radius 1 is 0.900 bits per heavy atom. The van der Waals surface area contributed by atoms with Gasteiger partial charge in [-0.3, -0.25) is 19.2 Å². The molecule has 6 rings (SSSR count). The number of rotatable bonds is 6. The van der Waals surface area contributed by atoms with Gasteiger partial charge in [-0.15, -0.1) is 0 Å². The van der Waals surface area contributed by atoms with Gasteiger partial charge in [0.05, 0.1) is 35.1 Å². The second-order valence-corrected chi connectivity index (χ2v) is 10.6. The van der Waals surface area contributed by atoms with Crippen molar-refractivity contribution < 1.29 is 28.3 Å². The highest BCUT2D eigenvalue weighted by Crippen LogP contribution is 2.47. The summed E-state index contributed by atoms with van der Waals surface area (Å²) in [5, 5.41) is 0. The Balaban J connectivity index is 1.43. The molecule has 200 valence electrons. The van der Waals surface area contributed by atoms with E-state index >= 15 is 0 Å². The average molecular weight is 601 g/mol. The highest BCUT2D eigenvalue weighted by molar-refractivity contribution is 9.10. The van der Waals surface area contributed by atoms with Crippen LogP contribution in [0.15, 0.2) is 101 Å². The lowest BCUT2D eigenvalue weighted by Crippen LogP contribution is -2.46. The van der Waals surface area contributed by atoms with Crippen LogP contribution in [0, 0.1) is 17.7 Å². The Kier molecular flexibility index (Phi) is 6.46. The van der Waals surface area contributed by atoms with Crippen LogP contribution >= 0.6 is 15.9 Å². The van der Waals surface area contributed by atoms with Gasteiger partial charge in [-0.2, -0.15) is 0 Å². The third-order valence-electron chi connectivity index (χ3n) is 7.64. The van der Waals surface area contributed by atoms with Crippen molar-refractivity contribution in [3.8, 4) is 5.75 Å². The first-order valence-corrected chi connectivity index (χ1v) is 13.4. The SMILES string of the molecule is COc1ccc(C(=O)[C@@H]2[C@H]3C(=O)N(c4ccc(F)cc4)C(=O)[C@@H]3[C@H]3C=C(C(=O)c4ccccc4)C=CN32)cc1Br. The third kappa shape index (κ3) is 4.08. The number of carbonyl (C=O) groups excluding carboxylic acids is 4. The molecule has 2 fully saturated rings. The van der Waals surface area contributed by atoms with Crippen LogP contribution < -0.4 is 9.64 Å². The summed E-state index contributed by atoms with van der Waals surface area (Å²) in [7, 11) is 1.51. The third-order valence-corrected chi connectivity index (χ3v) is 8.26. The number of imide groups is 1. The number of hydrogen-bond donors (Lipinski definition) is 0. The largest absolute Gasteiger partial charge is 0.496 e. The summed E-state index contributed by atoms with van der Waals surface area (Å²) < 4.78 is 19.5. The van der Waals surface area contributed by atoms with Gasteiger partial charge in [-0.1, -0.05) is 36.4 Å². The van der Waals surface area contributed by atoms with Gasteiger partial charge in [-0.25, -0.2) is 9.29 Å². The Bertz CT molecular complexity index is 1620. The second kappa shape index (κ2) is 9.98. The molecule has 3 aliphatic heterocycles. The number of nitrogens with zero attached hydrogens (tertiary/aromatic N) is 2. The molecule has 4 atom stereocenters. The molecule has 0 radical (unpaired) electrons. The van der Waals surface area contributed by atoms with Crippen molar-refractivity contribution in [3.05, 3.63) is 118 Å². The Hall–Kier alpha value is -4.37. The maximum atomic E-state index is 14.0. The minimum atomic E-state index is -1.01. The molecule has 3 aromatic carbocycles. The van der Waals surface area contributed by atoms with Gasteiger partial charge in [0, 0.05) is 22.9 Å². The fraction of sp³-hybridized carbons (Fsp3) is 0.161. The monoisotopic (exact) mass is 600 g/mol. The van der Waals surface area contributed by atoms with E-state index in [2.05, 4.69) is 15.9 Å². The molecule has 7 nitrogen and oxygen atoms in total. The van der Waals surface area contributed by atoms with Crippen molar-refractivity contribution in [2.45, 2.75) is 12.1 Å². The predicted octanol–water partition coefficient (Wildman–Crippen LogP) is 4.97. The van der Waals surface area contributed by atoms with E-state index in [1.165, 1.54) is 31.4 Å². The summed E-state index contributed by atoms with van der Waals surface area (Å²) in [6.45, 7) is 0. The number of ether oxygens (including phenoxy) is 1. The number of methoxy groups -OCH3 is 1. The van der Waals surface area contributed by atoms with Crippen molar-refractivity contribution in [3.63, 3.8) is 0 Å². The average Bonchev–Trinajstić information content (AvgIpc) is 3.44. The van der Waals surface area contributed by atoms with Gasteiger partial charge < -0.3 is 9.64 Å². The molecule has 3 aliphatic rings. The van der Waals surface area contributed by atoms with Gasteiger partial charge in [0.25, 0.3) is 0 Å². The molecule has 0 saturated carbocycles. The summed E-state index contributed by atoms with van der Waals surface area (Å²) in [5.41, 5.74) is 1.42. The number of hydrogen-bond acceptors (Lipinski definition) is 6. The van der Waals surface area contributed by atoms with E-state index in [-0.39, 0.29) is 17.3 Å². The number of anilines is 1. The molecule has 2 amide bonds. The molecule has 3 aromatic rings. The summed E-state index contributed by atoms with van der Waals surface area (Å²) in [4.78, 5) is 57.7. The number of allylic oxidation sites excluding steroid dienone is 2. The van der Waals surface area contributed by atoms with Crippen molar-refractivity contribution >= 4 is 45.0 Å². The maximum absolute atomic E-state index is 14.0. The van der Waals surface area contributed by atoms with Crippen LogP contribution in [0.3, 0.4) is 0 Å². The molecule has 0 N–H and O–H groups in total. The summed E-state index contributed by atoms with van der Waals surface area (Å²) in [5.74, 6) is -3.51. The molecule has 0 aromatic heterocycles. The molecule has 0 bridgehead atoms.